The Labute approximate surface area is 306 Å². The third kappa shape index (κ3) is 12.9. The smallest absolute Gasteiger partial charge is 0.417 e. The molecule has 15 heteroatoms. The van der Waals surface area contributed by atoms with Crippen LogP contribution in [0.2, 0.25) is 5.02 Å². The number of hydrogen-bond donors (Lipinski definition) is 5. The lowest BCUT2D eigenvalue weighted by molar-refractivity contribution is -0.137. The first-order chi connectivity index (χ1) is 24.7. The van der Waals surface area contributed by atoms with Crippen molar-refractivity contribution in [2.45, 2.75) is 64.1 Å². The topological polar surface area (TPSA) is 147 Å². The number of hydrazone groups is 1. The molecule has 1 aliphatic rings. The zero-order valence-corrected chi connectivity index (χ0v) is 29.8. The van der Waals surface area contributed by atoms with Gasteiger partial charge in [-0.25, -0.2) is 5.43 Å². The van der Waals surface area contributed by atoms with E-state index in [1.807, 2.05) is 11.0 Å². The van der Waals surface area contributed by atoms with Crippen molar-refractivity contribution >= 4 is 35.3 Å². The second kappa shape index (κ2) is 19.1. The minimum atomic E-state index is -4.69. The van der Waals surface area contributed by atoms with Gasteiger partial charge in [0.25, 0.3) is 11.8 Å². The number of nitrogens with zero attached hydrogens (tertiary/aromatic N) is 3. The lowest BCUT2D eigenvalue weighted by Crippen LogP contribution is -2.38. The summed E-state index contributed by atoms with van der Waals surface area (Å²) in [5, 5.41) is 36.5. The van der Waals surface area contributed by atoms with Gasteiger partial charge in [-0.2, -0.15) is 18.3 Å². The Bertz CT molecular complexity index is 1670. The molecule has 5 N–H and O–H groups in total. The Hall–Kier alpha value is -4.05. The summed E-state index contributed by atoms with van der Waals surface area (Å²) in [4.78, 5) is 30.9. The Morgan fingerprint density at radius 3 is 2.37 bits per heavy atom. The number of aliphatic hydroxyl groups excluding tert-OH is 3. The average molecular weight is 748 g/mol. The molecule has 0 aliphatic carbocycles. The fraction of sp³-hybridized carbons (Fsp3) is 0.432. The van der Waals surface area contributed by atoms with Crippen molar-refractivity contribution in [2.75, 3.05) is 44.6 Å². The Morgan fingerprint density at radius 1 is 0.981 bits per heavy atom. The summed E-state index contributed by atoms with van der Waals surface area (Å²) in [5.41, 5.74) is 2.34. The number of anilines is 1. The van der Waals surface area contributed by atoms with Crippen LogP contribution >= 0.6 is 11.6 Å². The standard InChI is InChI=1S/C37H45ClF3N5O6/c1-24(47)19-46(20-25(2)48)21-27-7-6-8-28(15-27)35(50)43-34-12-10-30(52-23-29(49)22-45-13-4-3-5-14-45)17-31(34)36(51)44-42-18-26-9-11-33(38)32(16-26)37(39,40)41/h6-12,15-18,24-25,29,47-49H,3-5,13-14,19-23H2,1-2H3,(H,43,50)(H,44,51)/b42-18-. The third-order valence-corrected chi connectivity index (χ3v) is 8.49. The van der Waals surface area contributed by atoms with Crippen molar-refractivity contribution in [2.24, 2.45) is 5.10 Å². The molecule has 0 bridgehead atoms. The lowest BCUT2D eigenvalue weighted by atomic mass is 10.1. The van der Waals surface area contributed by atoms with E-state index in [0.29, 0.717) is 26.2 Å². The Kier molecular flexibility index (Phi) is 15.0. The van der Waals surface area contributed by atoms with Crippen LogP contribution in [-0.2, 0) is 12.7 Å². The number of ether oxygens (including phenoxy) is 1. The number of β-amino-alcohol motifs (C(OH)–C–C–N with tert-alkyl or cyclic N) is 1. The van der Waals surface area contributed by atoms with Gasteiger partial charge < -0.3 is 30.3 Å². The second-order valence-corrected chi connectivity index (χ2v) is 13.4. The molecule has 11 nitrogen and oxygen atoms in total. The summed E-state index contributed by atoms with van der Waals surface area (Å²) in [6.45, 7) is 6.46. The minimum Gasteiger partial charge on any atom is -0.491 e. The molecule has 4 rings (SSSR count). The monoisotopic (exact) mass is 747 g/mol. The molecule has 0 saturated carbocycles. The number of amides is 2. The number of alkyl halides is 3. The zero-order valence-electron chi connectivity index (χ0n) is 29.1. The molecule has 0 radical (unpaired) electrons. The van der Waals surface area contributed by atoms with Crippen molar-refractivity contribution in [1.29, 1.82) is 0 Å². The maximum absolute atomic E-state index is 13.5. The fourth-order valence-corrected chi connectivity index (χ4v) is 6.10. The molecule has 282 valence electrons. The number of hydrogen-bond acceptors (Lipinski definition) is 9. The molecule has 0 spiro atoms. The van der Waals surface area contributed by atoms with Gasteiger partial charge in [-0.15, -0.1) is 0 Å². The molecule has 3 unspecified atom stereocenters. The molecule has 3 aromatic carbocycles. The number of rotatable bonds is 16. The number of nitrogens with one attached hydrogen (secondary N) is 2. The van der Waals surface area contributed by atoms with E-state index in [-0.39, 0.29) is 34.7 Å². The maximum atomic E-state index is 13.5. The fourth-order valence-electron chi connectivity index (χ4n) is 5.88. The van der Waals surface area contributed by atoms with E-state index in [1.165, 1.54) is 24.3 Å². The van der Waals surface area contributed by atoms with E-state index in [1.54, 1.807) is 32.0 Å². The van der Waals surface area contributed by atoms with Crippen LogP contribution in [-0.4, -0.2) is 101 Å². The van der Waals surface area contributed by atoms with E-state index in [9.17, 15) is 38.1 Å². The number of benzene rings is 3. The van der Waals surface area contributed by atoms with Gasteiger partial charge in [0.05, 0.1) is 40.3 Å². The highest BCUT2D eigenvalue weighted by atomic mass is 35.5. The van der Waals surface area contributed by atoms with Crippen LogP contribution < -0.4 is 15.5 Å². The van der Waals surface area contributed by atoms with Crippen molar-refractivity contribution in [3.8, 4) is 5.75 Å². The van der Waals surface area contributed by atoms with Gasteiger partial charge in [0.2, 0.25) is 0 Å². The predicted octanol–water partition coefficient (Wildman–Crippen LogP) is 5.16. The molecule has 3 atom stereocenters. The number of likely N-dealkylation sites (tertiary alicyclic amines) is 1. The van der Waals surface area contributed by atoms with Gasteiger partial charge >= 0.3 is 6.18 Å². The zero-order chi connectivity index (χ0) is 37.8. The molecular weight excluding hydrogens is 703 g/mol. The first-order valence-electron chi connectivity index (χ1n) is 17.0. The second-order valence-electron chi connectivity index (χ2n) is 13.0. The Balaban J connectivity index is 1.53. The SMILES string of the molecule is CC(O)CN(Cc1cccc(C(=O)Nc2ccc(OCC(O)CN3CCCCC3)cc2C(=O)N/N=C\c2ccc(Cl)c(C(F)(F)F)c2)c1)CC(C)O. The van der Waals surface area contributed by atoms with Crippen LogP contribution in [0.15, 0.2) is 65.8 Å². The van der Waals surface area contributed by atoms with Gasteiger partial charge in [-0.05, 0) is 93.4 Å². The van der Waals surface area contributed by atoms with Gasteiger partial charge in [0, 0.05) is 31.7 Å². The molecule has 1 fully saturated rings. The first-order valence-corrected chi connectivity index (χ1v) is 17.4. The number of piperidine rings is 1. The number of aliphatic hydroxyl groups is 3. The van der Waals surface area contributed by atoms with E-state index in [0.717, 1.165) is 56.3 Å². The lowest BCUT2D eigenvalue weighted by Gasteiger charge is -2.28. The number of carbonyl (C=O) groups excluding carboxylic acids is 2. The highest BCUT2D eigenvalue weighted by Crippen LogP contribution is 2.35. The summed E-state index contributed by atoms with van der Waals surface area (Å²) < 4.78 is 45.8. The molecule has 0 aromatic heterocycles. The summed E-state index contributed by atoms with van der Waals surface area (Å²) in [5.74, 6) is -1.10. The molecule has 1 heterocycles. The predicted molar refractivity (Wildman–Crippen MR) is 193 cm³/mol. The summed E-state index contributed by atoms with van der Waals surface area (Å²) in [7, 11) is 0. The maximum Gasteiger partial charge on any atom is 0.417 e. The summed E-state index contributed by atoms with van der Waals surface area (Å²) in [6, 6.07) is 14.3. The van der Waals surface area contributed by atoms with Crippen molar-refractivity contribution in [1.82, 2.24) is 15.2 Å². The highest BCUT2D eigenvalue weighted by molar-refractivity contribution is 6.31. The summed E-state index contributed by atoms with van der Waals surface area (Å²) in [6.07, 6.45) is -2.41. The first kappa shape index (κ1) is 40.7. The van der Waals surface area contributed by atoms with Gasteiger partial charge in [0.15, 0.2) is 0 Å². The molecule has 2 amide bonds. The van der Waals surface area contributed by atoms with E-state index in [4.69, 9.17) is 16.3 Å². The van der Waals surface area contributed by atoms with Crippen molar-refractivity contribution in [3.05, 3.63) is 93.5 Å². The minimum absolute atomic E-state index is 0.0330. The van der Waals surface area contributed by atoms with Crippen LogP contribution in [0.25, 0.3) is 0 Å². The number of carbonyl (C=O) groups is 2. The van der Waals surface area contributed by atoms with E-state index in [2.05, 4.69) is 20.7 Å². The van der Waals surface area contributed by atoms with Gasteiger partial charge in [-0.1, -0.05) is 36.2 Å². The normalized spacial score (nSPS) is 15.7. The van der Waals surface area contributed by atoms with E-state index >= 15 is 0 Å². The molecule has 1 saturated heterocycles. The van der Waals surface area contributed by atoms with Crippen LogP contribution in [0.4, 0.5) is 18.9 Å². The van der Waals surface area contributed by atoms with Crippen molar-refractivity contribution in [3.63, 3.8) is 0 Å². The average Bonchev–Trinajstić information content (AvgIpc) is 3.08. The molecule has 52 heavy (non-hydrogen) atoms. The highest BCUT2D eigenvalue weighted by Gasteiger charge is 2.33. The van der Waals surface area contributed by atoms with Crippen LogP contribution in [0.3, 0.4) is 0 Å². The van der Waals surface area contributed by atoms with Crippen LogP contribution in [0, 0.1) is 0 Å². The molecule has 3 aromatic rings. The quantitative estimate of drug-likeness (QED) is 0.0998. The molecular formula is C37H45ClF3N5O6. The van der Waals surface area contributed by atoms with Crippen LogP contribution in [0.1, 0.15) is 70.5 Å². The largest absolute Gasteiger partial charge is 0.491 e. The summed E-state index contributed by atoms with van der Waals surface area (Å²) >= 11 is 5.70. The van der Waals surface area contributed by atoms with Crippen LogP contribution in [0.5, 0.6) is 5.75 Å². The third-order valence-electron chi connectivity index (χ3n) is 8.16. The van der Waals surface area contributed by atoms with Gasteiger partial charge in [0.1, 0.15) is 18.5 Å². The van der Waals surface area contributed by atoms with Crippen molar-refractivity contribution < 1.29 is 42.8 Å². The Morgan fingerprint density at radius 2 is 1.69 bits per heavy atom. The van der Waals surface area contributed by atoms with E-state index < -0.39 is 46.9 Å². The number of halogens is 4. The molecule has 1 aliphatic heterocycles. The van der Waals surface area contributed by atoms with Gasteiger partial charge in [-0.3, -0.25) is 14.5 Å².